The van der Waals surface area contributed by atoms with Gasteiger partial charge in [0.15, 0.2) is 0 Å². The molecule has 0 aliphatic carbocycles. The second-order valence-corrected chi connectivity index (χ2v) is 5.43. The monoisotopic (exact) mass is 347 g/mol. The molecule has 0 N–H and O–H groups in total. The van der Waals surface area contributed by atoms with E-state index in [1.165, 1.54) is 24.3 Å². The van der Waals surface area contributed by atoms with Crippen molar-refractivity contribution in [2.24, 2.45) is 0 Å². The molecule has 0 unspecified atom stereocenters. The molecule has 2 aromatic carbocycles. The zero-order chi connectivity index (χ0) is 18.0. The number of hydrogen-bond acceptors (Lipinski definition) is 3. The number of halogens is 3. The van der Waals surface area contributed by atoms with Gasteiger partial charge in [-0.1, -0.05) is 42.5 Å². The van der Waals surface area contributed by atoms with Crippen LogP contribution in [0.5, 0.6) is 0 Å². The molecular weight excluding hydrogens is 335 g/mol. The van der Waals surface area contributed by atoms with E-state index < -0.39 is 16.9 Å². The Labute approximate surface area is 140 Å². The van der Waals surface area contributed by atoms with Gasteiger partial charge in [-0.3, -0.25) is 10.1 Å². The maximum Gasteiger partial charge on any atom is 0.449 e. The van der Waals surface area contributed by atoms with Gasteiger partial charge in [0.2, 0.25) is 5.76 Å². The third-order valence-electron chi connectivity index (χ3n) is 3.64. The SMILES string of the molecule is O=[N+]([O-])c1cccc(Cc2cc(-c3ccccc3)oc2C(F)(F)F)c1. The molecule has 1 aromatic heterocycles. The molecular formula is C18H12F3NO3. The van der Waals surface area contributed by atoms with Gasteiger partial charge >= 0.3 is 6.18 Å². The highest BCUT2D eigenvalue weighted by molar-refractivity contribution is 5.59. The normalized spacial score (nSPS) is 11.5. The molecule has 0 atom stereocenters. The first-order valence-corrected chi connectivity index (χ1v) is 7.33. The average molecular weight is 347 g/mol. The van der Waals surface area contributed by atoms with Crippen molar-refractivity contribution in [1.29, 1.82) is 0 Å². The molecule has 0 aliphatic heterocycles. The van der Waals surface area contributed by atoms with Crippen LogP contribution < -0.4 is 0 Å². The van der Waals surface area contributed by atoms with Crippen LogP contribution in [0.15, 0.2) is 65.1 Å². The average Bonchev–Trinajstić information content (AvgIpc) is 3.00. The topological polar surface area (TPSA) is 56.3 Å². The highest BCUT2D eigenvalue weighted by atomic mass is 19.4. The summed E-state index contributed by atoms with van der Waals surface area (Å²) in [5.74, 6) is -0.980. The lowest BCUT2D eigenvalue weighted by Crippen LogP contribution is -2.07. The van der Waals surface area contributed by atoms with Crippen LogP contribution in [0.4, 0.5) is 18.9 Å². The maximum absolute atomic E-state index is 13.3. The standard InChI is InChI=1S/C18H12F3NO3/c19-18(20,21)17-14(9-12-5-4-8-15(10-12)22(23)24)11-16(25-17)13-6-2-1-3-7-13/h1-8,10-11H,9H2. The minimum absolute atomic E-state index is 0.0631. The number of furan rings is 1. The Morgan fingerprint density at radius 1 is 1.00 bits per heavy atom. The molecule has 0 bridgehead atoms. The summed E-state index contributed by atoms with van der Waals surface area (Å²) < 4.78 is 44.9. The molecule has 0 fully saturated rings. The minimum Gasteiger partial charge on any atom is -0.451 e. The lowest BCUT2D eigenvalue weighted by atomic mass is 10.0. The van der Waals surface area contributed by atoms with Crippen LogP contribution in [-0.2, 0) is 12.6 Å². The first-order valence-electron chi connectivity index (χ1n) is 7.33. The Kier molecular flexibility index (Phi) is 4.31. The van der Waals surface area contributed by atoms with Gasteiger partial charge in [0.25, 0.3) is 5.69 Å². The number of alkyl halides is 3. The molecule has 0 amide bonds. The summed E-state index contributed by atoms with van der Waals surface area (Å²) in [7, 11) is 0. The van der Waals surface area contributed by atoms with Crippen LogP contribution in [0.2, 0.25) is 0 Å². The van der Waals surface area contributed by atoms with Gasteiger partial charge in [-0.05, 0) is 11.6 Å². The number of benzene rings is 2. The molecule has 3 rings (SSSR count). The van der Waals surface area contributed by atoms with Gasteiger partial charge < -0.3 is 4.42 Å². The van der Waals surface area contributed by atoms with Crippen molar-refractivity contribution >= 4 is 5.69 Å². The number of nitro groups is 1. The van der Waals surface area contributed by atoms with E-state index >= 15 is 0 Å². The van der Waals surface area contributed by atoms with Crippen molar-refractivity contribution in [2.45, 2.75) is 12.6 Å². The summed E-state index contributed by atoms with van der Waals surface area (Å²) in [5, 5.41) is 10.8. The number of rotatable bonds is 4. The molecule has 4 nitrogen and oxygen atoms in total. The third kappa shape index (κ3) is 3.71. The van der Waals surface area contributed by atoms with Crippen molar-refractivity contribution in [2.75, 3.05) is 0 Å². The van der Waals surface area contributed by atoms with Crippen LogP contribution in [0.3, 0.4) is 0 Å². The predicted octanol–water partition coefficient (Wildman–Crippen LogP) is 5.46. The van der Waals surface area contributed by atoms with Crippen LogP contribution in [0, 0.1) is 10.1 Å². The van der Waals surface area contributed by atoms with E-state index in [-0.39, 0.29) is 23.4 Å². The van der Waals surface area contributed by atoms with Gasteiger partial charge in [-0.15, -0.1) is 0 Å². The molecule has 0 spiro atoms. The van der Waals surface area contributed by atoms with E-state index in [4.69, 9.17) is 4.42 Å². The van der Waals surface area contributed by atoms with Gasteiger partial charge in [0.05, 0.1) is 4.92 Å². The van der Waals surface area contributed by atoms with Crippen LogP contribution in [0.25, 0.3) is 11.3 Å². The molecule has 7 heteroatoms. The van der Waals surface area contributed by atoms with Crippen molar-refractivity contribution in [3.63, 3.8) is 0 Å². The lowest BCUT2D eigenvalue weighted by Gasteiger charge is -2.06. The van der Waals surface area contributed by atoms with E-state index in [2.05, 4.69) is 0 Å². The quantitative estimate of drug-likeness (QED) is 0.465. The fourth-order valence-corrected chi connectivity index (χ4v) is 2.54. The minimum atomic E-state index is -4.65. The fraction of sp³-hybridized carbons (Fsp3) is 0.111. The van der Waals surface area contributed by atoms with Gasteiger partial charge in [0, 0.05) is 29.7 Å². The Morgan fingerprint density at radius 3 is 2.36 bits per heavy atom. The summed E-state index contributed by atoms with van der Waals surface area (Å²) in [6.45, 7) is 0. The Balaban J connectivity index is 2.01. The molecule has 3 aromatic rings. The van der Waals surface area contributed by atoms with Gasteiger partial charge in [0.1, 0.15) is 5.76 Å². The Hall–Kier alpha value is -3.09. The zero-order valence-corrected chi connectivity index (χ0v) is 12.8. The van der Waals surface area contributed by atoms with Crippen LogP contribution in [0.1, 0.15) is 16.9 Å². The molecule has 1 heterocycles. The number of nitro benzene ring substituents is 1. The molecule has 25 heavy (non-hydrogen) atoms. The molecule has 0 aliphatic rings. The first-order chi connectivity index (χ1) is 11.8. The van der Waals surface area contributed by atoms with Crippen LogP contribution in [-0.4, -0.2) is 4.92 Å². The van der Waals surface area contributed by atoms with E-state index in [1.807, 2.05) is 0 Å². The molecule has 0 saturated carbocycles. The summed E-state index contributed by atoms with van der Waals surface area (Å²) >= 11 is 0. The zero-order valence-electron chi connectivity index (χ0n) is 12.8. The van der Waals surface area contributed by atoms with E-state index in [1.54, 1.807) is 36.4 Å². The van der Waals surface area contributed by atoms with E-state index in [9.17, 15) is 23.3 Å². The lowest BCUT2D eigenvalue weighted by molar-refractivity contribution is -0.384. The Bertz CT molecular complexity index is 901. The van der Waals surface area contributed by atoms with Gasteiger partial charge in [-0.25, -0.2) is 0 Å². The van der Waals surface area contributed by atoms with Crippen molar-refractivity contribution in [3.05, 3.63) is 87.7 Å². The number of nitrogens with zero attached hydrogens (tertiary/aromatic N) is 1. The van der Waals surface area contributed by atoms with Gasteiger partial charge in [-0.2, -0.15) is 13.2 Å². The number of non-ortho nitro benzene ring substituents is 1. The Morgan fingerprint density at radius 2 is 1.72 bits per heavy atom. The third-order valence-corrected chi connectivity index (χ3v) is 3.64. The fourth-order valence-electron chi connectivity index (χ4n) is 2.54. The molecule has 128 valence electrons. The second kappa shape index (κ2) is 6.43. The van der Waals surface area contributed by atoms with E-state index in [0.29, 0.717) is 11.1 Å². The summed E-state index contributed by atoms with van der Waals surface area (Å²) in [5.41, 5.74) is 0.697. The summed E-state index contributed by atoms with van der Waals surface area (Å²) in [6.07, 6.45) is -4.77. The summed E-state index contributed by atoms with van der Waals surface area (Å²) in [4.78, 5) is 10.2. The van der Waals surface area contributed by atoms with E-state index in [0.717, 1.165) is 0 Å². The van der Waals surface area contributed by atoms with Crippen molar-refractivity contribution < 1.29 is 22.5 Å². The van der Waals surface area contributed by atoms with Crippen LogP contribution >= 0.6 is 0 Å². The van der Waals surface area contributed by atoms with Crippen molar-refractivity contribution in [1.82, 2.24) is 0 Å². The summed E-state index contributed by atoms with van der Waals surface area (Å²) in [6, 6.07) is 15.3. The number of hydrogen-bond donors (Lipinski definition) is 0. The smallest absolute Gasteiger partial charge is 0.449 e. The first kappa shape index (κ1) is 16.8. The molecule has 0 radical (unpaired) electrons. The molecule has 0 saturated heterocycles. The van der Waals surface area contributed by atoms with Crippen molar-refractivity contribution in [3.8, 4) is 11.3 Å². The largest absolute Gasteiger partial charge is 0.451 e. The predicted molar refractivity (Wildman–Crippen MR) is 85.0 cm³/mol. The highest BCUT2D eigenvalue weighted by Crippen LogP contribution is 2.38. The second-order valence-electron chi connectivity index (χ2n) is 5.43. The highest BCUT2D eigenvalue weighted by Gasteiger charge is 2.38. The maximum atomic E-state index is 13.3.